The van der Waals surface area contributed by atoms with Crippen molar-refractivity contribution in [1.82, 2.24) is 5.32 Å². The maximum absolute atomic E-state index is 13.6. The maximum atomic E-state index is 13.6. The van der Waals surface area contributed by atoms with E-state index in [0.29, 0.717) is 0 Å². The zero-order valence-electron chi connectivity index (χ0n) is 19.1. The molecular formula is C28H25ClN2O3S. The third-order valence-corrected chi connectivity index (χ3v) is 7.68. The minimum Gasteiger partial charge on any atom is -0.344 e. The normalized spacial score (nSPS) is 12.1. The summed E-state index contributed by atoms with van der Waals surface area (Å²) in [4.78, 5) is 13.5. The van der Waals surface area contributed by atoms with Crippen LogP contribution >= 0.6 is 11.6 Å². The Bertz CT molecular complexity index is 1390. The van der Waals surface area contributed by atoms with Crippen LogP contribution in [0.25, 0.3) is 0 Å². The summed E-state index contributed by atoms with van der Waals surface area (Å²) < 4.78 is 28.2. The van der Waals surface area contributed by atoms with Crippen LogP contribution < -0.4 is 9.62 Å². The number of aryl methyl sites for hydroxylation is 1. The predicted molar refractivity (Wildman–Crippen MR) is 140 cm³/mol. The van der Waals surface area contributed by atoms with Gasteiger partial charge in [0.25, 0.3) is 10.0 Å². The molecule has 0 unspecified atom stereocenters. The van der Waals surface area contributed by atoms with E-state index in [0.717, 1.165) is 21.0 Å². The highest BCUT2D eigenvalue weighted by Gasteiger charge is 2.29. The van der Waals surface area contributed by atoms with Gasteiger partial charge in [0.05, 0.1) is 21.6 Å². The monoisotopic (exact) mass is 504 g/mol. The summed E-state index contributed by atoms with van der Waals surface area (Å²) in [5.74, 6) is -0.459. The van der Waals surface area contributed by atoms with Crippen molar-refractivity contribution in [3.63, 3.8) is 0 Å². The van der Waals surface area contributed by atoms with Crippen molar-refractivity contribution in [1.29, 1.82) is 0 Å². The highest BCUT2D eigenvalue weighted by molar-refractivity contribution is 7.92. The van der Waals surface area contributed by atoms with E-state index in [4.69, 9.17) is 11.6 Å². The number of sulfonamides is 1. The molecule has 0 aliphatic rings. The lowest BCUT2D eigenvalue weighted by atomic mass is 9.98. The molecule has 7 heteroatoms. The summed E-state index contributed by atoms with van der Waals surface area (Å²) in [5.41, 5.74) is 3.12. The van der Waals surface area contributed by atoms with Gasteiger partial charge in [-0.1, -0.05) is 102 Å². The largest absolute Gasteiger partial charge is 0.344 e. The van der Waals surface area contributed by atoms with E-state index in [1.165, 1.54) is 12.1 Å². The minimum absolute atomic E-state index is 0.0749. The number of benzene rings is 4. The van der Waals surface area contributed by atoms with Gasteiger partial charge in [-0.05, 0) is 42.3 Å². The van der Waals surface area contributed by atoms with E-state index in [1.807, 2.05) is 61.5 Å². The Hall–Kier alpha value is -3.61. The first-order chi connectivity index (χ1) is 16.9. The second-order valence-corrected chi connectivity index (χ2v) is 10.4. The number of carbonyl (C=O) groups is 1. The minimum atomic E-state index is -4.05. The van der Waals surface area contributed by atoms with Crippen LogP contribution in [0.5, 0.6) is 0 Å². The summed E-state index contributed by atoms with van der Waals surface area (Å²) in [5, 5.41) is 3.26. The first-order valence-corrected chi connectivity index (χ1v) is 12.9. The summed E-state index contributed by atoms with van der Waals surface area (Å²) in [7, 11) is -4.05. The number of hydrogen-bond acceptors (Lipinski definition) is 3. The van der Waals surface area contributed by atoms with Gasteiger partial charge in [-0.3, -0.25) is 9.10 Å². The maximum Gasteiger partial charge on any atom is 0.264 e. The van der Waals surface area contributed by atoms with Crippen molar-refractivity contribution in [3.05, 3.63) is 131 Å². The molecular weight excluding hydrogens is 480 g/mol. The Labute approximate surface area is 211 Å². The zero-order valence-corrected chi connectivity index (χ0v) is 20.7. The molecule has 1 atom stereocenters. The Morgan fingerprint density at radius 1 is 0.800 bits per heavy atom. The molecule has 0 aromatic heterocycles. The van der Waals surface area contributed by atoms with E-state index in [9.17, 15) is 13.2 Å². The number of nitrogens with one attached hydrogen (secondary N) is 1. The van der Waals surface area contributed by atoms with Gasteiger partial charge >= 0.3 is 0 Å². The molecule has 4 aromatic carbocycles. The van der Waals surface area contributed by atoms with Crippen LogP contribution in [0.2, 0.25) is 5.02 Å². The van der Waals surface area contributed by atoms with Crippen LogP contribution in [0.15, 0.2) is 114 Å². The highest BCUT2D eigenvalue weighted by Crippen LogP contribution is 2.30. The first-order valence-electron chi connectivity index (χ1n) is 11.1. The fraction of sp³-hybridized carbons (Fsp3) is 0.107. The third-order valence-electron chi connectivity index (χ3n) is 5.59. The van der Waals surface area contributed by atoms with Gasteiger partial charge in [0, 0.05) is 0 Å². The van der Waals surface area contributed by atoms with Crippen LogP contribution in [0, 0.1) is 6.92 Å². The molecule has 0 saturated heterocycles. The molecule has 0 heterocycles. The molecule has 35 heavy (non-hydrogen) atoms. The lowest BCUT2D eigenvalue weighted by Crippen LogP contribution is -2.42. The van der Waals surface area contributed by atoms with Crippen LogP contribution in [0.3, 0.4) is 0 Å². The van der Waals surface area contributed by atoms with Gasteiger partial charge < -0.3 is 5.32 Å². The number of para-hydroxylation sites is 1. The van der Waals surface area contributed by atoms with Gasteiger partial charge in [0.15, 0.2) is 0 Å². The molecule has 5 nitrogen and oxygen atoms in total. The van der Waals surface area contributed by atoms with Crippen LogP contribution in [-0.2, 0) is 14.8 Å². The number of carbonyl (C=O) groups excluding carboxylic acids is 1. The van der Waals surface area contributed by atoms with Gasteiger partial charge in [-0.25, -0.2) is 8.42 Å². The fourth-order valence-corrected chi connectivity index (χ4v) is 5.52. The van der Waals surface area contributed by atoms with Crippen molar-refractivity contribution >= 4 is 33.2 Å². The molecule has 0 aliphatic carbocycles. The van der Waals surface area contributed by atoms with Gasteiger partial charge in [-0.15, -0.1) is 0 Å². The van der Waals surface area contributed by atoms with Crippen LogP contribution in [0.4, 0.5) is 5.69 Å². The predicted octanol–water partition coefficient (Wildman–Crippen LogP) is 5.75. The summed E-state index contributed by atoms with van der Waals surface area (Å²) in [6.45, 7) is 1.56. The summed E-state index contributed by atoms with van der Waals surface area (Å²) in [6, 6.07) is 31.6. The molecule has 0 bridgehead atoms. The fourth-order valence-electron chi connectivity index (χ4n) is 3.77. The van der Waals surface area contributed by atoms with Crippen molar-refractivity contribution in [2.24, 2.45) is 0 Å². The van der Waals surface area contributed by atoms with E-state index >= 15 is 0 Å². The average molecular weight is 505 g/mol. The molecule has 178 valence electrons. The molecule has 0 radical (unpaired) electrons. The summed E-state index contributed by atoms with van der Waals surface area (Å²) >= 11 is 6.37. The van der Waals surface area contributed by atoms with Crippen molar-refractivity contribution in [3.8, 4) is 0 Å². The van der Waals surface area contributed by atoms with Gasteiger partial charge in [-0.2, -0.15) is 0 Å². The molecule has 0 fully saturated rings. The first kappa shape index (κ1) is 24.5. The number of amides is 1. The van der Waals surface area contributed by atoms with Gasteiger partial charge in [0.2, 0.25) is 5.91 Å². The van der Waals surface area contributed by atoms with E-state index < -0.39 is 28.5 Å². The topological polar surface area (TPSA) is 66.5 Å². The van der Waals surface area contributed by atoms with E-state index in [1.54, 1.807) is 42.5 Å². The smallest absolute Gasteiger partial charge is 0.264 e. The number of nitrogens with zero attached hydrogens (tertiary/aromatic N) is 1. The standard InChI is InChI=1S/C28H25ClN2O3S/c1-21-16-18-23(19-17-21)28(22-10-4-2-5-11-22)30-27(32)20-31(26-15-9-8-14-25(26)29)35(33,34)24-12-6-3-7-13-24/h2-19,28H,20H2,1H3,(H,30,32)/t28-/m0/s1. The molecule has 1 amide bonds. The molecule has 4 aromatic rings. The van der Waals surface area contributed by atoms with Crippen molar-refractivity contribution in [2.75, 3.05) is 10.8 Å². The number of hydrogen-bond donors (Lipinski definition) is 1. The van der Waals surface area contributed by atoms with Crippen LogP contribution in [-0.4, -0.2) is 20.9 Å². The SMILES string of the molecule is Cc1ccc([C@@H](NC(=O)CN(c2ccccc2Cl)S(=O)(=O)c2ccccc2)c2ccccc2)cc1. The number of halogens is 1. The lowest BCUT2D eigenvalue weighted by Gasteiger charge is -2.27. The molecule has 1 N–H and O–H groups in total. The molecule has 0 saturated carbocycles. The summed E-state index contributed by atoms with van der Waals surface area (Å²) in [6.07, 6.45) is 0. The van der Waals surface area contributed by atoms with E-state index in [-0.39, 0.29) is 15.6 Å². The Kier molecular flexibility index (Phi) is 7.54. The zero-order chi connectivity index (χ0) is 24.8. The highest BCUT2D eigenvalue weighted by atomic mass is 35.5. The van der Waals surface area contributed by atoms with Crippen molar-refractivity contribution in [2.45, 2.75) is 17.9 Å². The number of rotatable bonds is 8. The van der Waals surface area contributed by atoms with E-state index in [2.05, 4.69) is 5.32 Å². The Morgan fingerprint density at radius 3 is 1.97 bits per heavy atom. The molecule has 4 rings (SSSR count). The average Bonchev–Trinajstić information content (AvgIpc) is 2.88. The number of anilines is 1. The van der Waals surface area contributed by atoms with Gasteiger partial charge in [0.1, 0.15) is 6.54 Å². The Morgan fingerprint density at radius 2 is 1.34 bits per heavy atom. The molecule has 0 aliphatic heterocycles. The van der Waals surface area contributed by atoms with Crippen LogP contribution in [0.1, 0.15) is 22.7 Å². The Balaban J connectivity index is 1.69. The lowest BCUT2D eigenvalue weighted by molar-refractivity contribution is -0.120. The second-order valence-electron chi connectivity index (χ2n) is 8.10. The van der Waals surface area contributed by atoms with Crippen molar-refractivity contribution < 1.29 is 13.2 Å². The molecule has 0 spiro atoms. The second kappa shape index (κ2) is 10.8. The quantitative estimate of drug-likeness (QED) is 0.332. The third kappa shape index (κ3) is 5.73.